The van der Waals surface area contributed by atoms with Crippen molar-refractivity contribution in [2.45, 2.75) is 19.3 Å². The Morgan fingerprint density at radius 2 is 1.50 bits per heavy atom. The van der Waals surface area contributed by atoms with E-state index in [4.69, 9.17) is 18.8 Å². The molecule has 0 radical (unpaired) electrons. The summed E-state index contributed by atoms with van der Waals surface area (Å²) in [6.07, 6.45) is 1.33. The van der Waals surface area contributed by atoms with Crippen LogP contribution >= 0.6 is 7.82 Å². The van der Waals surface area contributed by atoms with Gasteiger partial charge >= 0.3 is 7.82 Å². The van der Waals surface area contributed by atoms with Gasteiger partial charge in [-0.25, -0.2) is 0 Å². The minimum Gasteiger partial charge on any atom is -0.391 e. The van der Waals surface area contributed by atoms with E-state index in [1.165, 1.54) is 0 Å². The van der Waals surface area contributed by atoms with E-state index < -0.39 is 7.82 Å². The number of benzene rings is 2. The van der Waals surface area contributed by atoms with Gasteiger partial charge < -0.3 is 13.6 Å². The van der Waals surface area contributed by atoms with E-state index in [0.717, 1.165) is 0 Å². The molecule has 2 aromatic rings. The summed E-state index contributed by atoms with van der Waals surface area (Å²) in [5.74, 6) is 0.976. The molecule has 0 saturated carbocycles. The molecule has 0 aliphatic carbocycles. The van der Waals surface area contributed by atoms with Crippen LogP contribution in [0.25, 0.3) is 0 Å². The van der Waals surface area contributed by atoms with Crippen molar-refractivity contribution in [2.75, 3.05) is 0 Å². The average molecular weight is 343 g/mol. The Kier molecular flexibility index (Phi) is 6.48. The van der Waals surface area contributed by atoms with Gasteiger partial charge in [-0.3, -0.25) is 0 Å². The first kappa shape index (κ1) is 17.7. The first-order valence-electron chi connectivity index (χ1n) is 7.45. The number of unbranched alkanes of at least 4 members (excludes halogenated alkanes) is 1. The number of hydrogen-bond acceptors (Lipinski definition) is 5. The predicted molar refractivity (Wildman–Crippen MR) is 91.4 cm³/mol. The highest BCUT2D eigenvalue weighted by atomic mass is 31.2. The lowest BCUT2D eigenvalue weighted by Crippen LogP contribution is -2.05. The van der Waals surface area contributed by atoms with Crippen molar-refractivity contribution in [1.29, 1.82) is 5.26 Å². The van der Waals surface area contributed by atoms with Crippen molar-refractivity contribution in [1.82, 2.24) is 0 Å². The summed E-state index contributed by atoms with van der Waals surface area (Å²) < 4.78 is 29.3. The summed E-state index contributed by atoms with van der Waals surface area (Å²) in [7, 11) is -3.95. The van der Waals surface area contributed by atoms with Gasteiger partial charge in [-0.15, -0.1) is 0 Å². The smallest absolute Gasteiger partial charge is 0.391 e. The molecule has 0 saturated heterocycles. The van der Waals surface area contributed by atoms with E-state index in [-0.39, 0.29) is 5.76 Å². The normalized spacial score (nSPS) is 10.5. The van der Waals surface area contributed by atoms with E-state index in [0.29, 0.717) is 30.8 Å². The van der Waals surface area contributed by atoms with Gasteiger partial charge in [0.15, 0.2) is 0 Å². The highest BCUT2D eigenvalue weighted by Gasteiger charge is 2.33. The van der Waals surface area contributed by atoms with Crippen LogP contribution in [0.4, 0.5) is 0 Å². The molecule has 0 aromatic heterocycles. The lowest BCUT2D eigenvalue weighted by molar-refractivity contribution is 0.251. The summed E-state index contributed by atoms with van der Waals surface area (Å²) in [6.45, 7) is 3.73. The molecule has 0 amide bonds. The first-order chi connectivity index (χ1) is 11.6. The summed E-state index contributed by atoms with van der Waals surface area (Å²) >= 11 is 0. The fourth-order valence-electron chi connectivity index (χ4n) is 1.85. The molecular weight excluding hydrogens is 325 g/mol. The van der Waals surface area contributed by atoms with Crippen molar-refractivity contribution >= 4 is 7.82 Å². The molecule has 0 atom stereocenters. The van der Waals surface area contributed by atoms with Gasteiger partial charge in [0, 0.05) is 12.8 Å². The van der Waals surface area contributed by atoms with Gasteiger partial charge in [-0.05, 0) is 30.7 Å². The summed E-state index contributed by atoms with van der Waals surface area (Å²) in [4.78, 5) is 0. The maximum atomic E-state index is 13.0. The van der Waals surface area contributed by atoms with Crippen LogP contribution in [0.5, 0.6) is 11.5 Å². The molecule has 2 rings (SSSR count). The van der Waals surface area contributed by atoms with Crippen LogP contribution in [-0.4, -0.2) is 0 Å². The maximum absolute atomic E-state index is 13.0. The number of allylic oxidation sites excluding steroid dienone is 1. The predicted octanol–water partition coefficient (Wildman–Crippen LogP) is 5.48. The molecule has 0 aliphatic rings. The fraction of sp³-hybridized carbons (Fsp3) is 0.167. The Labute approximate surface area is 141 Å². The molecule has 0 bridgehead atoms. The van der Waals surface area contributed by atoms with Crippen LogP contribution in [-0.2, 0) is 9.09 Å². The van der Waals surface area contributed by atoms with Crippen molar-refractivity contribution in [3.8, 4) is 17.6 Å². The van der Waals surface area contributed by atoms with Crippen LogP contribution in [0.15, 0.2) is 73.0 Å². The second kappa shape index (κ2) is 8.81. The molecule has 0 heterocycles. The zero-order valence-corrected chi connectivity index (χ0v) is 14.0. The number of para-hydroxylation sites is 2. The standard InChI is InChI=1S/C18H18NO4P/c1-16(10-8-9-15-19)21-24(20,22-17-11-4-2-5-12-17)23-18-13-6-3-7-14-18/h2-7,11-14H,1,8-10H2. The molecule has 0 aliphatic heterocycles. The zero-order chi connectivity index (χ0) is 17.3. The third-order valence-electron chi connectivity index (χ3n) is 2.91. The van der Waals surface area contributed by atoms with Crippen LogP contribution < -0.4 is 9.05 Å². The molecule has 0 unspecified atom stereocenters. The van der Waals surface area contributed by atoms with E-state index in [1.54, 1.807) is 48.5 Å². The van der Waals surface area contributed by atoms with E-state index in [2.05, 4.69) is 6.58 Å². The van der Waals surface area contributed by atoms with Crippen LogP contribution in [0.3, 0.4) is 0 Å². The van der Waals surface area contributed by atoms with Crippen molar-refractivity contribution in [3.63, 3.8) is 0 Å². The molecular formula is C18H18NO4P. The first-order valence-corrected chi connectivity index (χ1v) is 8.91. The van der Waals surface area contributed by atoms with Crippen molar-refractivity contribution in [3.05, 3.63) is 73.0 Å². The number of hydrogen-bond donors (Lipinski definition) is 0. The molecule has 0 N–H and O–H groups in total. The third-order valence-corrected chi connectivity index (χ3v) is 4.26. The lowest BCUT2D eigenvalue weighted by atomic mass is 10.2. The monoisotopic (exact) mass is 343 g/mol. The summed E-state index contributed by atoms with van der Waals surface area (Å²) in [5, 5.41) is 8.58. The summed E-state index contributed by atoms with van der Waals surface area (Å²) in [5.41, 5.74) is 0. The zero-order valence-electron chi connectivity index (χ0n) is 13.1. The highest BCUT2D eigenvalue weighted by Crippen LogP contribution is 2.51. The lowest BCUT2D eigenvalue weighted by Gasteiger charge is -2.20. The van der Waals surface area contributed by atoms with Crippen LogP contribution in [0.2, 0.25) is 0 Å². The Balaban J connectivity index is 2.12. The number of phosphoric acid groups is 1. The number of phosphoric ester groups is 1. The van der Waals surface area contributed by atoms with Crippen molar-refractivity contribution < 1.29 is 18.1 Å². The average Bonchev–Trinajstić information content (AvgIpc) is 2.56. The molecule has 0 fully saturated rings. The van der Waals surface area contributed by atoms with Gasteiger partial charge in [0.2, 0.25) is 0 Å². The summed E-state index contributed by atoms with van der Waals surface area (Å²) in [6, 6.07) is 19.3. The Morgan fingerprint density at radius 3 is 1.96 bits per heavy atom. The Bertz CT molecular complexity index is 695. The molecule has 24 heavy (non-hydrogen) atoms. The second-order valence-electron chi connectivity index (χ2n) is 4.90. The molecule has 124 valence electrons. The Hall–Kier alpha value is -2.70. The van der Waals surface area contributed by atoms with Gasteiger partial charge in [0.25, 0.3) is 0 Å². The fourth-order valence-corrected chi connectivity index (χ4v) is 3.12. The van der Waals surface area contributed by atoms with E-state index >= 15 is 0 Å². The van der Waals surface area contributed by atoms with Gasteiger partial charge in [-0.2, -0.15) is 9.83 Å². The minimum atomic E-state index is -3.95. The van der Waals surface area contributed by atoms with E-state index in [1.807, 2.05) is 18.2 Å². The minimum absolute atomic E-state index is 0.250. The highest BCUT2D eigenvalue weighted by molar-refractivity contribution is 7.49. The number of nitriles is 1. The van der Waals surface area contributed by atoms with Gasteiger partial charge in [0.1, 0.15) is 17.3 Å². The number of rotatable bonds is 9. The topological polar surface area (TPSA) is 68.5 Å². The van der Waals surface area contributed by atoms with Gasteiger partial charge in [-0.1, -0.05) is 43.0 Å². The third kappa shape index (κ3) is 5.83. The van der Waals surface area contributed by atoms with Crippen LogP contribution in [0, 0.1) is 11.3 Å². The SMILES string of the molecule is C=C(CCCC#N)OP(=O)(Oc1ccccc1)Oc1ccccc1. The van der Waals surface area contributed by atoms with Crippen molar-refractivity contribution in [2.24, 2.45) is 0 Å². The maximum Gasteiger partial charge on any atom is 0.646 e. The molecule has 0 spiro atoms. The quantitative estimate of drug-likeness (QED) is 0.343. The van der Waals surface area contributed by atoms with Crippen LogP contribution in [0.1, 0.15) is 19.3 Å². The second-order valence-corrected chi connectivity index (χ2v) is 6.34. The molecule has 2 aromatic carbocycles. The molecule has 6 heteroatoms. The molecule has 5 nitrogen and oxygen atoms in total. The largest absolute Gasteiger partial charge is 0.646 e. The van der Waals surface area contributed by atoms with Gasteiger partial charge in [0.05, 0.1) is 6.07 Å². The Morgan fingerprint density at radius 1 is 1.00 bits per heavy atom. The number of nitrogens with zero attached hydrogens (tertiary/aromatic N) is 1. The van der Waals surface area contributed by atoms with E-state index in [9.17, 15) is 4.57 Å².